The molecule has 0 spiro atoms. The zero-order valence-corrected chi connectivity index (χ0v) is 17.2. The number of aromatic nitrogens is 2. The van der Waals surface area contributed by atoms with Gasteiger partial charge in [0.05, 0.1) is 23.2 Å². The van der Waals surface area contributed by atoms with Gasteiger partial charge in [-0.05, 0) is 12.5 Å². The fourth-order valence-corrected chi connectivity index (χ4v) is 5.13. The van der Waals surface area contributed by atoms with E-state index in [-0.39, 0.29) is 48.1 Å². The topological polar surface area (TPSA) is 154 Å². The zero-order chi connectivity index (χ0) is 22.0. The lowest BCUT2D eigenvalue weighted by Crippen LogP contribution is -2.48. The van der Waals surface area contributed by atoms with Crippen LogP contribution in [0.4, 0.5) is 0 Å². The highest BCUT2D eigenvalue weighted by Gasteiger charge is 2.37. The van der Waals surface area contributed by atoms with Gasteiger partial charge in [0.25, 0.3) is 11.8 Å². The lowest BCUT2D eigenvalue weighted by atomic mass is 10.1. The Balaban J connectivity index is 1.38. The summed E-state index contributed by atoms with van der Waals surface area (Å²) in [6.07, 6.45) is 0.420. The third-order valence-corrected chi connectivity index (χ3v) is 6.81. The summed E-state index contributed by atoms with van der Waals surface area (Å²) >= 11 is 0. The van der Waals surface area contributed by atoms with Crippen LogP contribution in [0.2, 0.25) is 0 Å². The quantitative estimate of drug-likeness (QED) is 0.564. The van der Waals surface area contributed by atoms with E-state index in [4.69, 9.17) is 0 Å². The zero-order valence-electron chi connectivity index (χ0n) is 16.4. The Labute approximate surface area is 177 Å². The van der Waals surface area contributed by atoms with Crippen LogP contribution in [0, 0.1) is 0 Å². The highest BCUT2D eigenvalue weighted by atomic mass is 32.2. The second kappa shape index (κ2) is 8.30. The van der Waals surface area contributed by atoms with Crippen LogP contribution in [-0.4, -0.2) is 64.6 Å². The number of rotatable bonds is 4. The number of carbonyl (C=O) groups excluding carboxylic acids is 3. The summed E-state index contributed by atoms with van der Waals surface area (Å²) in [6, 6.07) is 10.3. The molecule has 2 aliphatic heterocycles. The van der Waals surface area contributed by atoms with Crippen molar-refractivity contribution in [3.05, 3.63) is 42.1 Å². The van der Waals surface area contributed by atoms with Crippen molar-refractivity contribution in [1.29, 1.82) is 0 Å². The van der Waals surface area contributed by atoms with Crippen molar-refractivity contribution >= 4 is 33.3 Å². The van der Waals surface area contributed by atoms with Crippen molar-refractivity contribution in [2.75, 3.05) is 11.5 Å². The normalized spacial score (nSPS) is 20.3. The molecule has 12 heteroatoms. The summed E-state index contributed by atoms with van der Waals surface area (Å²) < 4.78 is 23.4. The van der Waals surface area contributed by atoms with E-state index in [0.29, 0.717) is 5.69 Å². The van der Waals surface area contributed by atoms with E-state index in [9.17, 15) is 22.8 Å². The maximum Gasteiger partial charge on any atom is 0.287 e. The lowest BCUT2D eigenvalue weighted by Gasteiger charge is -2.27. The molecular weight excluding hydrogens is 424 g/mol. The number of hydrazine groups is 1. The van der Waals surface area contributed by atoms with Crippen molar-refractivity contribution in [1.82, 2.24) is 26.1 Å². The molecule has 2 aromatic rings. The van der Waals surface area contributed by atoms with Crippen molar-refractivity contribution < 1.29 is 22.8 Å². The first-order valence-corrected chi connectivity index (χ1v) is 11.5. The van der Waals surface area contributed by atoms with Gasteiger partial charge in [-0.2, -0.15) is 10.2 Å². The standard InChI is InChI=1S/C19H20N6O5S/c26-17-7-6-14(24-25(17)13-8-9-31(29,30)11-13)18(27)22-23-19(28)16-10-15(20-21-16)12-4-2-1-3-5-12/h1-5,10,13H,6-9,11H2,(H,20,21)(H,22,27)(H,23,28)/t13-/m1/s1. The number of sulfone groups is 1. The molecule has 0 unspecified atom stereocenters. The highest BCUT2D eigenvalue weighted by Crippen LogP contribution is 2.22. The molecule has 0 aliphatic carbocycles. The predicted octanol–water partition coefficient (Wildman–Crippen LogP) is 0.00320. The molecule has 4 rings (SSSR count). The molecular formula is C19H20N6O5S. The number of hydrogen-bond acceptors (Lipinski definition) is 7. The van der Waals surface area contributed by atoms with Crippen molar-refractivity contribution in [3.8, 4) is 11.3 Å². The molecule has 11 nitrogen and oxygen atoms in total. The Bertz CT molecular complexity index is 1160. The first kappa shape index (κ1) is 20.7. The molecule has 2 aliphatic rings. The number of amides is 3. The second-order valence-electron chi connectivity index (χ2n) is 7.28. The Hall–Kier alpha value is -3.54. The van der Waals surface area contributed by atoms with Gasteiger partial charge in [0.15, 0.2) is 9.84 Å². The minimum atomic E-state index is -3.21. The molecule has 1 atom stereocenters. The number of benzene rings is 1. The van der Waals surface area contributed by atoms with Gasteiger partial charge in [-0.15, -0.1) is 0 Å². The molecule has 3 N–H and O–H groups in total. The molecule has 1 fully saturated rings. The number of carbonyl (C=O) groups is 3. The van der Waals surface area contributed by atoms with E-state index in [1.165, 1.54) is 0 Å². The first-order valence-electron chi connectivity index (χ1n) is 9.64. The monoisotopic (exact) mass is 444 g/mol. The van der Waals surface area contributed by atoms with Gasteiger partial charge in [0.1, 0.15) is 11.4 Å². The average molecular weight is 444 g/mol. The largest absolute Gasteiger partial charge is 0.287 e. The number of nitrogens with one attached hydrogen (secondary N) is 3. The van der Waals surface area contributed by atoms with Gasteiger partial charge in [-0.3, -0.25) is 30.3 Å². The van der Waals surface area contributed by atoms with Crippen LogP contribution >= 0.6 is 0 Å². The Kier molecular flexibility index (Phi) is 5.55. The Morgan fingerprint density at radius 1 is 1.10 bits per heavy atom. The van der Waals surface area contributed by atoms with Crippen LogP contribution in [0.1, 0.15) is 29.8 Å². The number of hydrazone groups is 1. The molecule has 162 valence electrons. The maximum atomic E-state index is 12.4. The molecule has 0 bridgehead atoms. The van der Waals surface area contributed by atoms with E-state index in [1.54, 1.807) is 6.07 Å². The number of aromatic amines is 1. The van der Waals surface area contributed by atoms with Crippen LogP contribution in [0.5, 0.6) is 0 Å². The van der Waals surface area contributed by atoms with Gasteiger partial charge in [0.2, 0.25) is 5.91 Å². The van der Waals surface area contributed by atoms with Crippen molar-refractivity contribution in [2.45, 2.75) is 25.3 Å². The van der Waals surface area contributed by atoms with Crippen LogP contribution in [0.25, 0.3) is 11.3 Å². The predicted molar refractivity (Wildman–Crippen MR) is 110 cm³/mol. The summed E-state index contributed by atoms with van der Waals surface area (Å²) in [6.45, 7) is 0. The number of nitrogens with zero attached hydrogens (tertiary/aromatic N) is 3. The van der Waals surface area contributed by atoms with Gasteiger partial charge in [0, 0.05) is 18.4 Å². The molecule has 0 radical (unpaired) electrons. The van der Waals surface area contributed by atoms with E-state index in [0.717, 1.165) is 10.6 Å². The van der Waals surface area contributed by atoms with Crippen LogP contribution in [0.3, 0.4) is 0 Å². The van der Waals surface area contributed by atoms with E-state index >= 15 is 0 Å². The highest BCUT2D eigenvalue weighted by molar-refractivity contribution is 7.91. The van der Waals surface area contributed by atoms with E-state index in [2.05, 4.69) is 26.2 Å². The number of hydrogen-bond donors (Lipinski definition) is 3. The summed E-state index contributed by atoms with van der Waals surface area (Å²) in [7, 11) is -3.21. The lowest BCUT2D eigenvalue weighted by molar-refractivity contribution is -0.133. The smallest absolute Gasteiger partial charge is 0.273 e. The summed E-state index contributed by atoms with van der Waals surface area (Å²) in [4.78, 5) is 36.9. The van der Waals surface area contributed by atoms with E-state index in [1.807, 2.05) is 30.3 Å². The molecule has 1 aromatic carbocycles. The molecule has 3 amide bonds. The van der Waals surface area contributed by atoms with Gasteiger partial charge < -0.3 is 0 Å². The summed E-state index contributed by atoms with van der Waals surface area (Å²) in [5.74, 6) is -1.78. The van der Waals surface area contributed by atoms with Crippen LogP contribution in [0.15, 0.2) is 41.5 Å². The summed E-state index contributed by atoms with van der Waals surface area (Å²) in [5, 5.41) is 11.8. The third kappa shape index (κ3) is 4.63. The SMILES string of the molecule is O=C(NNC(=O)c1cc(-c2ccccc2)n[nH]1)C1=NN([C@@H]2CCS(=O)(=O)C2)C(=O)CC1. The fraction of sp³-hybridized carbons (Fsp3) is 0.316. The van der Waals surface area contributed by atoms with Crippen molar-refractivity contribution in [2.24, 2.45) is 5.10 Å². The van der Waals surface area contributed by atoms with Crippen molar-refractivity contribution in [3.63, 3.8) is 0 Å². The first-order chi connectivity index (χ1) is 14.8. The van der Waals surface area contributed by atoms with Gasteiger partial charge in [-0.1, -0.05) is 30.3 Å². The molecule has 31 heavy (non-hydrogen) atoms. The van der Waals surface area contributed by atoms with Crippen LogP contribution < -0.4 is 10.9 Å². The average Bonchev–Trinajstić information content (AvgIpc) is 3.39. The Morgan fingerprint density at radius 3 is 2.55 bits per heavy atom. The molecule has 1 saturated heterocycles. The van der Waals surface area contributed by atoms with E-state index < -0.39 is 27.7 Å². The fourth-order valence-electron chi connectivity index (χ4n) is 3.44. The second-order valence-corrected chi connectivity index (χ2v) is 9.51. The third-order valence-electron chi connectivity index (χ3n) is 5.06. The van der Waals surface area contributed by atoms with Gasteiger partial charge in [-0.25, -0.2) is 13.4 Å². The van der Waals surface area contributed by atoms with Gasteiger partial charge >= 0.3 is 0 Å². The van der Waals surface area contributed by atoms with Crippen LogP contribution in [-0.2, 0) is 19.4 Å². The molecule has 3 heterocycles. The minimum Gasteiger partial charge on any atom is -0.273 e. The number of H-pyrrole nitrogens is 1. The molecule has 1 aromatic heterocycles. The maximum absolute atomic E-state index is 12.4. The minimum absolute atomic E-state index is 0.0102. The Morgan fingerprint density at radius 2 is 1.84 bits per heavy atom. The summed E-state index contributed by atoms with van der Waals surface area (Å²) in [5.41, 5.74) is 6.15. The molecule has 0 saturated carbocycles.